The molecular formula is C25H34F3N9O4. The Morgan fingerprint density at radius 1 is 1.20 bits per heavy atom. The molecular weight excluding hydrogens is 547 g/mol. The number of pyridine rings is 1. The minimum absolute atomic E-state index is 0.0278. The second kappa shape index (κ2) is 13.0. The van der Waals surface area contributed by atoms with Crippen LogP contribution in [0.3, 0.4) is 0 Å². The molecule has 2 fully saturated rings. The van der Waals surface area contributed by atoms with E-state index in [1.165, 1.54) is 11.4 Å². The molecule has 3 aromatic heterocycles. The maximum Gasteiger partial charge on any atom is 0.368 e. The van der Waals surface area contributed by atoms with E-state index in [-0.39, 0.29) is 30.8 Å². The lowest BCUT2D eigenvalue weighted by atomic mass is 10.0. The SMILES string of the molecule is CCC(F)F.CN=Nc1ccc(-c2ccn3nc(NC4CCN(C5COC5)CC4F)nc(NC(O)(O)O)c23)nc1C. The molecule has 3 aromatic rings. The minimum atomic E-state index is -3.25. The number of halogens is 3. The highest BCUT2D eigenvalue weighted by atomic mass is 19.3. The number of fused-ring (bicyclic) bond motifs is 1. The smallest absolute Gasteiger partial charge is 0.368 e. The number of alkyl halides is 3. The van der Waals surface area contributed by atoms with E-state index in [9.17, 15) is 28.5 Å². The van der Waals surface area contributed by atoms with Crippen molar-refractivity contribution in [1.82, 2.24) is 24.5 Å². The van der Waals surface area contributed by atoms with Gasteiger partial charge in [-0.1, -0.05) is 6.92 Å². The normalized spacial score (nSPS) is 20.2. The van der Waals surface area contributed by atoms with Gasteiger partial charge in [-0.25, -0.2) is 17.7 Å². The molecule has 0 aromatic carbocycles. The third kappa shape index (κ3) is 7.65. The second-order valence-electron chi connectivity index (χ2n) is 9.71. The van der Waals surface area contributed by atoms with Gasteiger partial charge < -0.3 is 25.4 Å². The van der Waals surface area contributed by atoms with Crippen LogP contribution < -0.4 is 10.6 Å². The predicted octanol–water partition coefficient (Wildman–Crippen LogP) is 2.70. The molecule has 0 radical (unpaired) electrons. The average Bonchev–Trinajstić information content (AvgIpc) is 3.30. The van der Waals surface area contributed by atoms with Gasteiger partial charge in [0, 0.05) is 38.3 Å². The number of rotatable bonds is 8. The lowest BCUT2D eigenvalue weighted by molar-refractivity contribution is -0.289. The number of likely N-dealkylation sites (tertiary alicyclic amines) is 1. The van der Waals surface area contributed by atoms with Gasteiger partial charge in [0.05, 0.1) is 36.7 Å². The van der Waals surface area contributed by atoms with Crippen molar-refractivity contribution in [3.63, 3.8) is 0 Å². The first-order valence-corrected chi connectivity index (χ1v) is 13.1. The van der Waals surface area contributed by atoms with E-state index in [1.807, 2.05) is 0 Å². The van der Waals surface area contributed by atoms with E-state index in [0.717, 1.165) is 0 Å². The summed E-state index contributed by atoms with van der Waals surface area (Å²) in [7, 11) is 1.57. The fourth-order valence-corrected chi connectivity index (χ4v) is 4.48. The topological polar surface area (TPSA) is 165 Å². The Hall–Kier alpha value is -3.44. The largest absolute Gasteiger partial charge is 0.378 e. The molecule has 0 aliphatic carbocycles. The summed E-state index contributed by atoms with van der Waals surface area (Å²) in [4.78, 5) is 11.0. The zero-order chi connectivity index (χ0) is 29.7. The van der Waals surface area contributed by atoms with Gasteiger partial charge in [-0.05, 0) is 31.5 Å². The van der Waals surface area contributed by atoms with Crippen molar-refractivity contribution in [3.8, 4) is 11.3 Å². The molecule has 5 N–H and O–H groups in total. The zero-order valence-electron chi connectivity index (χ0n) is 22.9. The number of hydrogen-bond donors (Lipinski definition) is 5. The van der Waals surface area contributed by atoms with Gasteiger partial charge in [0.25, 0.3) is 0 Å². The molecule has 224 valence electrons. The summed E-state index contributed by atoms with van der Waals surface area (Å²) < 4.78 is 43.2. The Kier molecular flexibility index (Phi) is 9.70. The second-order valence-corrected chi connectivity index (χ2v) is 9.71. The molecule has 0 saturated carbocycles. The van der Waals surface area contributed by atoms with Gasteiger partial charge >= 0.3 is 6.10 Å². The molecule has 5 rings (SSSR count). The highest BCUT2D eigenvalue weighted by Crippen LogP contribution is 2.32. The van der Waals surface area contributed by atoms with E-state index >= 15 is 0 Å². The number of nitrogens with zero attached hydrogens (tertiary/aromatic N) is 7. The van der Waals surface area contributed by atoms with Crippen LogP contribution in [0, 0.1) is 6.92 Å². The first kappa shape index (κ1) is 30.5. The molecule has 2 unspecified atom stereocenters. The molecule has 16 heteroatoms. The van der Waals surface area contributed by atoms with E-state index < -0.39 is 24.7 Å². The lowest BCUT2D eigenvalue weighted by Crippen LogP contribution is -2.57. The number of azo groups is 1. The molecule has 41 heavy (non-hydrogen) atoms. The molecule has 13 nitrogen and oxygen atoms in total. The molecule has 0 amide bonds. The number of aryl methyl sites for hydroxylation is 1. The van der Waals surface area contributed by atoms with E-state index in [1.54, 1.807) is 38.4 Å². The monoisotopic (exact) mass is 581 g/mol. The number of anilines is 2. The van der Waals surface area contributed by atoms with Gasteiger partial charge in [0.2, 0.25) is 12.4 Å². The summed E-state index contributed by atoms with van der Waals surface area (Å²) in [6, 6.07) is 4.95. The number of ether oxygens (including phenoxy) is 1. The molecule has 2 aliphatic rings. The number of hydrogen-bond acceptors (Lipinski definition) is 12. The maximum absolute atomic E-state index is 15.0. The summed E-state index contributed by atoms with van der Waals surface area (Å²) in [5.41, 5.74) is 2.70. The van der Waals surface area contributed by atoms with Crippen LogP contribution in [0.15, 0.2) is 34.6 Å². The summed E-state index contributed by atoms with van der Waals surface area (Å²) in [5.74, 6) is -0.0245. The molecule has 0 bridgehead atoms. The number of piperidine rings is 1. The maximum atomic E-state index is 15.0. The van der Waals surface area contributed by atoms with Gasteiger partial charge in [0.1, 0.15) is 17.4 Å². The van der Waals surface area contributed by atoms with Crippen molar-refractivity contribution in [2.45, 2.75) is 57.5 Å². The van der Waals surface area contributed by atoms with Crippen LogP contribution in [0.4, 0.5) is 30.6 Å². The predicted molar refractivity (Wildman–Crippen MR) is 144 cm³/mol. The van der Waals surface area contributed by atoms with Crippen LogP contribution in [0.5, 0.6) is 0 Å². The Balaban J connectivity index is 0.000000714. The van der Waals surface area contributed by atoms with Crippen molar-refractivity contribution in [1.29, 1.82) is 0 Å². The molecule has 0 spiro atoms. The summed E-state index contributed by atoms with van der Waals surface area (Å²) in [5, 5.41) is 46.3. The van der Waals surface area contributed by atoms with E-state index in [0.29, 0.717) is 54.3 Å². The minimum Gasteiger partial charge on any atom is -0.378 e. The standard InChI is InChI=1S/C22H28FN9O4.C3H6F2/c1-12-16(29-24-2)3-4-17(25-12)14-5-8-32-19(14)20(28-22(33,34)35)27-21(30-32)26-18-6-7-31(9-15(18)23)13-10-36-11-13;1-2-3(4)5/h3-5,8,13,15,18,33-35H,6-7,9-11H2,1-2H3,(H2,26,27,28,30);3H,2H2,1H3. The zero-order valence-corrected chi connectivity index (χ0v) is 22.9. The van der Waals surface area contributed by atoms with Gasteiger partial charge in [0.15, 0.2) is 5.82 Å². The first-order valence-electron chi connectivity index (χ1n) is 13.1. The van der Waals surface area contributed by atoms with Crippen molar-refractivity contribution in [2.24, 2.45) is 10.2 Å². The van der Waals surface area contributed by atoms with Crippen LogP contribution in [0.25, 0.3) is 16.8 Å². The van der Waals surface area contributed by atoms with Crippen LogP contribution >= 0.6 is 0 Å². The Morgan fingerprint density at radius 2 is 1.93 bits per heavy atom. The van der Waals surface area contributed by atoms with Gasteiger partial charge in [-0.3, -0.25) is 15.2 Å². The molecule has 2 aliphatic heterocycles. The Bertz CT molecular complexity index is 1350. The first-order chi connectivity index (χ1) is 19.5. The third-order valence-corrected chi connectivity index (χ3v) is 6.67. The molecule has 2 saturated heterocycles. The summed E-state index contributed by atoms with van der Waals surface area (Å²) in [6.07, 6.45) is -4.38. The fraction of sp³-hybridized carbons (Fsp3) is 0.560. The molecule has 2 atom stereocenters. The van der Waals surface area contributed by atoms with Crippen LogP contribution in [0.2, 0.25) is 0 Å². The quantitative estimate of drug-likeness (QED) is 0.197. The van der Waals surface area contributed by atoms with Crippen LogP contribution in [-0.4, -0.2) is 104 Å². The number of aromatic nitrogens is 4. The van der Waals surface area contributed by atoms with Crippen molar-refractivity contribution < 1.29 is 33.2 Å². The third-order valence-electron chi connectivity index (χ3n) is 6.67. The highest BCUT2D eigenvalue weighted by molar-refractivity contribution is 5.88. The van der Waals surface area contributed by atoms with Crippen LogP contribution in [0.1, 0.15) is 25.5 Å². The number of nitrogens with one attached hydrogen (secondary N) is 2. The average molecular weight is 582 g/mol. The van der Waals surface area contributed by atoms with Gasteiger partial charge in [-0.15, -0.1) is 5.10 Å². The summed E-state index contributed by atoms with van der Waals surface area (Å²) >= 11 is 0. The van der Waals surface area contributed by atoms with E-state index in [2.05, 4.69) is 40.8 Å². The highest BCUT2D eigenvalue weighted by Gasteiger charge is 2.36. The van der Waals surface area contributed by atoms with Gasteiger partial charge in [-0.2, -0.15) is 15.2 Å². The Morgan fingerprint density at radius 3 is 2.49 bits per heavy atom. The van der Waals surface area contributed by atoms with E-state index in [4.69, 9.17) is 4.74 Å². The van der Waals surface area contributed by atoms with Crippen molar-refractivity contribution >= 4 is 23.0 Å². The fourth-order valence-electron chi connectivity index (χ4n) is 4.48. The van der Waals surface area contributed by atoms with Crippen molar-refractivity contribution in [3.05, 3.63) is 30.1 Å². The number of aliphatic hydroxyl groups is 3. The molecule has 5 heterocycles. The lowest BCUT2D eigenvalue weighted by Gasteiger charge is -2.42. The van der Waals surface area contributed by atoms with Crippen LogP contribution in [-0.2, 0) is 4.74 Å². The summed E-state index contributed by atoms with van der Waals surface area (Å²) in [6.45, 7) is 5.48. The Labute approximate surface area is 234 Å². The van der Waals surface area contributed by atoms with Crippen molar-refractivity contribution in [2.75, 3.05) is 44.0 Å².